The monoisotopic (exact) mass is 298 g/mol. The highest BCUT2D eigenvalue weighted by molar-refractivity contribution is 9.10. The van der Waals surface area contributed by atoms with Crippen LogP contribution in [0.25, 0.3) is 10.9 Å². The molecule has 90 valence electrons. The molecule has 0 aliphatic heterocycles. The largest absolute Gasteiger partial charge is 0.508 e. The van der Waals surface area contributed by atoms with Crippen molar-refractivity contribution in [2.24, 2.45) is 5.73 Å². The molecule has 1 aromatic heterocycles. The Balaban J connectivity index is 2.48. The summed E-state index contributed by atoms with van der Waals surface area (Å²) in [6.45, 7) is 0. The minimum atomic E-state index is -1.05. The third-order valence-electron chi connectivity index (χ3n) is 2.58. The van der Waals surface area contributed by atoms with Gasteiger partial charge in [0.2, 0.25) is 0 Å². The number of hydrogen-bond acceptors (Lipinski definition) is 3. The zero-order valence-corrected chi connectivity index (χ0v) is 10.4. The quantitative estimate of drug-likeness (QED) is 0.691. The smallest absolute Gasteiger partial charge is 0.320 e. The number of rotatable bonds is 3. The average Bonchev–Trinajstić information content (AvgIpc) is 2.55. The predicted octanol–water partition coefficient (Wildman–Crippen LogP) is 1.59. The molecule has 6 heteroatoms. The summed E-state index contributed by atoms with van der Waals surface area (Å²) in [5, 5.41) is 19.0. The Kier molecular flexibility index (Phi) is 3.08. The summed E-state index contributed by atoms with van der Waals surface area (Å²) >= 11 is 3.33. The van der Waals surface area contributed by atoms with Crippen LogP contribution in [0.3, 0.4) is 0 Å². The molecule has 0 bridgehead atoms. The number of nitrogens with two attached hydrogens (primary N) is 1. The van der Waals surface area contributed by atoms with Crippen LogP contribution in [0.4, 0.5) is 0 Å². The Morgan fingerprint density at radius 2 is 2.24 bits per heavy atom. The Bertz CT molecular complexity index is 579. The van der Waals surface area contributed by atoms with Crippen LogP contribution in [0.15, 0.2) is 22.8 Å². The summed E-state index contributed by atoms with van der Waals surface area (Å²) in [7, 11) is 0. The van der Waals surface area contributed by atoms with Gasteiger partial charge in [-0.15, -0.1) is 0 Å². The number of carboxylic acids is 1. The van der Waals surface area contributed by atoms with E-state index >= 15 is 0 Å². The van der Waals surface area contributed by atoms with E-state index in [9.17, 15) is 9.90 Å². The summed E-state index contributed by atoms with van der Waals surface area (Å²) in [6.07, 6.45) is 0.194. The van der Waals surface area contributed by atoms with Crippen molar-refractivity contribution in [3.63, 3.8) is 0 Å². The van der Waals surface area contributed by atoms with Gasteiger partial charge in [0.25, 0.3) is 0 Å². The molecule has 0 spiro atoms. The van der Waals surface area contributed by atoms with E-state index in [1.165, 1.54) is 0 Å². The van der Waals surface area contributed by atoms with E-state index in [1.807, 2.05) is 0 Å². The van der Waals surface area contributed by atoms with Crippen LogP contribution in [-0.4, -0.2) is 27.2 Å². The van der Waals surface area contributed by atoms with E-state index in [1.54, 1.807) is 18.2 Å². The number of fused-ring (bicyclic) bond motifs is 1. The molecular formula is C11H11BrN2O3. The van der Waals surface area contributed by atoms with Gasteiger partial charge in [0.05, 0.1) is 4.60 Å². The molecule has 17 heavy (non-hydrogen) atoms. The molecule has 2 rings (SSSR count). The minimum absolute atomic E-state index is 0.133. The Labute approximate surface area is 105 Å². The van der Waals surface area contributed by atoms with Crippen LogP contribution in [0.5, 0.6) is 5.75 Å². The molecule has 5 N–H and O–H groups in total. The van der Waals surface area contributed by atoms with E-state index in [-0.39, 0.29) is 12.2 Å². The zero-order chi connectivity index (χ0) is 12.6. The molecule has 5 nitrogen and oxygen atoms in total. The van der Waals surface area contributed by atoms with Crippen molar-refractivity contribution in [2.45, 2.75) is 12.5 Å². The number of aliphatic carboxylic acids is 1. The molecule has 0 amide bonds. The van der Waals surface area contributed by atoms with E-state index in [2.05, 4.69) is 20.9 Å². The molecule has 0 radical (unpaired) electrons. The van der Waals surface area contributed by atoms with Gasteiger partial charge in [-0.1, -0.05) is 0 Å². The Morgan fingerprint density at radius 1 is 1.53 bits per heavy atom. The van der Waals surface area contributed by atoms with Crippen molar-refractivity contribution in [3.8, 4) is 5.75 Å². The van der Waals surface area contributed by atoms with Gasteiger partial charge in [-0.2, -0.15) is 0 Å². The van der Waals surface area contributed by atoms with Gasteiger partial charge in [0.15, 0.2) is 0 Å². The lowest BCUT2D eigenvalue weighted by molar-refractivity contribution is -0.138. The molecule has 0 fully saturated rings. The lowest BCUT2D eigenvalue weighted by Crippen LogP contribution is -2.32. The topological polar surface area (TPSA) is 99.3 Å². The van der Waals surface area contributed by atoms with E-state index < -0.39 is 12.0 Å². The summed E-state index contributed by atoms with van der Waals surface area (Å²) in [6, 6.07) is 3.91. The van der Waals surface area contributed by atoms with Crippen molar-refractivity contribution < 1.29 is 15.0 Å². The van der Waals surface area contributed by atoms with Gasteiger partial charge in [-0.25, -0.2) is 0 Å². The maximum Gasteiger partial charge on any atom is 0.320 e. The molecule has 1 unspecified atom stereocenters. The summed E-state index contributed by atoms with van der Waals surface area (Å²) in [5.41, 5.74) is 7.09. The van der Waals surface area contributed by atoms with Crippen molar-refractivity contribution in [3.05, 3.63) is 28.4 Å². The third kappa shape index (κ3) is 2.27. The number of carboxylic acid groups (broad SMARTS) is 1. The van der Waals surface area contributed by atoms with Gasteiger partial charge < -0.3 is 20.9 Å². The van der Waals surface area contributed by atoms with Gasteiger partial charge in [0.1, 0.15) is 11.8 Å². The van der Waals surface area contributed by atoms with E-state index in [0.717, 1.165) is 16.5 Å². The van der Waals surface area contributed by atoms with Crippen LogP contribution in [0.2, 0.25) is 0 Å². The number of H-pyrrole nitrogens is 1. The van der Waals surface area contributed by atoms with Gasteiger partial charge in [-0.05, 0) is 39.7 Å². The number of carbonyl (C=O) groups is 1. The normalized spacial score (nSPS) is 12.8. The fourth-order valence-corrected chi connectivity index (χ4v) is 2.30. The van der Waals surface area contributed by atoms with Crippen molar-refractivity contribution in [2.75, 3.05) is 0 Å². The maximum atomic E-state index is 10.7. The Hall–Kier alpha value is -1.53. The fourth-order valence-electron chi connectivity index (χ4n) is 1.71. The number of nitrogens with one attached hydrogen (secondary N) is 1. The number of hydrogen-bond donors (Lipinski definition) is 4. The van der Waals surface area contributed by atoms with Crippen LogP contribution in [0, 0.1) is 0 Å². The van der Waals surface area contributed by atoms with Crippen molar-refractivity contribution in [1.29, 1.82) is 0 Å². The van der Waals surface area contributed by atoms with Crippen molar-refractivity contribution in [1.82, 2.24) is 4.98 Å². The molecule has 0 aliphatic carbocycles. The lowest BCUT2D eigenvalue weighted by atomic mass is 10.1. The molecule has 0 saturated carbocycles. The molecular weight excluding hydrogens is 288 g/mol. The summed E-state index contributed by atoms with van der Waals surface area (Å²) in [5.74, 6) is -0.916. The fraction of sp³-hybridized carbons (Fsp3) is 0.182. The first-order chi connectivity index (χ1) is 7.99. The zero-order valence-electron chi connectivity index (χ0n) is 8.77. The van der Waals surface area contributed by atoms with Crippen LogP contribution in [-0.2, 0) is 11.2 Å². The van der Waals surface area contributed by atoms with Gasteiger partial charge in [-0.3, -0.25) is 4.79 Å². The number of phenolic OH excluding ortho intramolecular Hbond substituents is 1. The minimum Gasteiger partial charge on any atom is -0.508 e. The highest BCUT2D eigenvalue weighted by Crippen LogP contribution is 2.29. The van der Waals surface area contributed by atoms with Gasteiger partial charge >= 0.3 is 5.97 Å². The second-order valence-electron chi connectivity index (χ2n) is 3.80. The first kappa shape index (κ1) is 11.9. The molecule has 1 atom stereocenters. The number of phenols is 1. The number of benzene rings is 1. The van der Waals surface area contributed by atoms with Crippen LogP contribution < -0.4 is 5.73 Å². The second-order valence-corrected chi connectivity index (χ2v) is 4.59. The van der Waals surface area contributed by atoms with Crippen molar-refractivity contribution >= 4 is 32.8 Å². The molecule has 0 aliphatic rings. The van der Waals surface area contributed by atoms with Gasteiger partial charge in [0, 0.05) is 17.3 Å². The highest BCUT2D eigenvalue weighted by atomic mass is 79.9. The third-order valence-corrected chi connectivity index (χ3v) is 3.26. The maximum absolute atomic E-state index is 10.7. The van der Waals surface area contributed by atoms with Crippen LogP contribution >= 0.6 is 15.9 Å². The van der Waals surface area contributed by atoms with E-state index in [0.29, 0.717) is 4.60 Å². The van der Waals surface area contributed by atoms with Crippen LogP contribution in [0.1, 0.15) is 5.56 Å². The number of halogens is 1. The summed E-state index contributed by atoms with van der Waals surface area (Å²) < 4.78 is 0.690. The molecule has 2 aromatic rings. The lowest BCUT2D eigenvalue weighted by Gasteiger charge is -2.05. The predicted molar refractivity (Wildman–Crippen MR) is 67.0 cm³/mol. The Morgan fingerprint density at radius 3 is 2.88 bits per heavy atom. The summed E-state index contributed by atoms with van der Waals surface area (Å²) in [4.78, 5) is 13.8. The SMILES string of the molecule is NC(Cc1c(Br)[nH]c2ccc(O)cc12)C(=O)O. The highest BCUT2D eigenvalue weighted by Gasteiger charge is 2.17. The standard InChI is InChI=1S/C11H11BrN2O3/c12-10-7(4-8(13)11(16)17)6-3-5(15)1-2-9(6)14-10/h1-3,8,14-15H,4,13H2,(H,16,17). The average molecular weight is 299 g/mol. The van der Waals surface area contributed by atoms with E-state index in [4.69, 9.17) is 10.8 Å². The number of aromatic nitrogens is 1. The number of aromatic amines is 1. The molecule has 0 saturated heterocycles. The first-order valence-electron chi connectivity index (χ1n) is 4.96. The second kappa shape index (κ2) is 4.38. The molecule has 1 heterocycles. The molecule has 1 aromatic carbocycles. The first-order valence-corrected chi connectivity index (χ1v) is 5.76. The number of aromatic hydroxyl groups is 1.